The molecule has 0 aliphatic carbocycles. The molecule has 4 rings (SSSR count). The predicted molar refractivity (Wildman–Crippen MR) is 105 cm³/mol. The van der Waals surface area contributed by atoms with Gasteiger partial charge < -0.3 is 14.5 Å². The van der Waals surface area contributed by atoms with Gasteiger partial charge in [0.25, 0.3) is 5.91 Å². The van der Waals surface area contributed by atoms with Crippen LogP contribution in [0.15, 0.2) is 48.8 Å². The minimum absolute atomic E-state index is 0.00227. The number of carbonyl (C=O) groups excluding carboxylic acids is 1. The molecule has 1 saturated heterocycles. The third-order valence-electron chi connectivity index (χ3n) is 4.70. The second-order valence-corrected chi connectivity index (χ2v) is 9.32. The first kappa shape index (κ1) is 18.5. The molecule has 7 nitrogen and oxygen atoms in total. The van der Waals surface area contributed by atoms with Gasteiger partial charge in [0.15, 0.2) is 9.84 Å². The summed E-state index contributed by atoms with van der Waals surface area (Å²) in [6.45, 7) is 2.31. The van der Waals surface area contributed by atoms with E-state index in [1.165, 1.54) is 0 Å². The molecule has 3 aromatic rings. The highest BCUT2D eigenvalue weighted by Gasteiger charge is 2.29. The number of rotatable bonds is 5. The number of pyridine rings is 1. The minimum atomic E-state index is -3.03. The van der Waals surface area contributed by atoms with Crippen molar-refractivity contribution < 1.29 is 17.9 Å². The van der Waals surface area contributed by atoms with E-state index in [2.05, 4.69) is 10.3 Å². The first-order valence-electron chi connectivity index (χ1n) is 9.06. The van der Waals surface area contributed by atoms with Crippen LogP contribution in [-0.4, -0.2) is 41.3 Å². The summed E-state index contributed by atoms with van der Waals surface area (Å²) in [5.41, 5.74) is 3.22. The van der Waals surface area contributed by atoms with Crippen molar-refractivity contribution in [1.29, 1.82) is 0 Å². The van der Waals surface area contributed by atoms with Crippen molar-refractivity contribution in [2.45, 2.75) is 26.0 Å². The van der Waals surface area contributed by atoms with E-state index in [-0.39, 0.29) is 30.1 Å². The standard InChI is InChI=1S/C20H21N3O4S/c1-14-5-6-19-21-17(11-23(19)10-14)12-27-18-4-2-3-15(9-18)20(24)22-16-7-8-28(25,26)13-16/h2-6,9-11,16H,7-8,12-13H2,1H3,(H,22,24). The van der Waals surface area contributed by atoms with Crippen LogP contribution >= 0.6 is 0 Å². The summed E-state index contributed by atoms with van der Waals surface area (Å²) >= 11 is 0. The Bertz CT molecular complexity index is 1140. The van der Waals surface area contributed by atoms with Crippen molar-refractivity contribution in [1.82, 2.24) is 14.7 Å². The van der Waals surface area contributed by atoms with Crippen LogP contribution in [0.3, 0.4) is 0 Å². The van der Waals surface area contributed by atoms with Gasteiger partial charge >= 0.3 is 0 Å². The summed E-state index contributed by atoms with van der Waals surface area (Å²) in [6, 6.07) is 10.5. The molecule has 1 N–H and O–H groups in total. The summed E-state index contributed by atoms with van der Waals surface area (Å²) in [5.74, 6) is 0.387. The Kier molecular flexibility index (Phi) is 4.80. The Morgan fingerprint density at radius 3 is 2.93 bits per heavy atom. The quantitative estimate of drug-likeness (QED) is 0.710. The molecule has 0 saturated carbocycles. The highest BCUT2D eigenvalue weighted by Crippen LogP contribution is 2.17. The van der Waals surface area contributed by atoms with Gasteiger partial charge in [-0.2, -0.15) is 0 Å². The number of nitrogens with zero attached hydrogens (tertiary/aromatic N) is 2. The van der Waals surface area contributed by atoms with Crippen LogP contribution in [0.2, 0.25) is 0 Å². The number of nitrogens with one attached hydrogen (secondary N) is 1. The maximum Gasteiger partial charge on any atom is 0.251 e. The Labute approximate surface area is 163 Å². The highest BCUT2D eigenvalue weighted by atomic mass is 32.2. The number of imidazole rings is 1. The lowest BCUT2D eigenvalue weighted by Gasteiger charge is -2.11. The lowest BCUT2D eigenvalue weighted by atomic mass is 10.2. The lowest BCUT2D eigenvalue weighted by molar-refractivity contribution is 0.0940. The Morgan fingerprint density at radius 1 is 1.29 bits per heavy atom. The Hall–Kier alpha value is -2.87. The van der Waals surface area contributed by atoms with E-state index >= 15 is 0 Å². The third kappa shape index (κ3) is 4.17. The van der Waals surface area contributed by atoms with Gasteiger partial charge in [-0.15, -0.1) is 0 Å². The molecular weight excluding hydrogens is 378 g/mol. The molecule has 1 aromatic carbocycles. The number of carbonyl (C=O) groups is 1. The minimum Gasteiger partial charge on any atom is -0.487 e. The average Bonchev–Trinajstić information content (AvgIpc) is 3.21. The van der Waals surface area contributed by atoms with Crippen molar-refractivity contribution >= 4 is 21.4 Å². The summed E-state index contributed by atoms with van der Waals surface area (Å²) in [7, 11) is -3.03. The van der Waals surface area contributed by atoms with E-state index in [1.807, 2.05) is 35.9 Å². The number of sulfone groups is 1. The van der Waals surface area contributed by atoms with Crippen molar-refractivity contribution in [2.75, 3.05) is 11.5 Å². The van der Waals surface area contributed by atoms with Gasteiger partial charge in [0.2, 0.25) is 0 Å². The van der Waals surface area contributed by atoms with Crippen molar-refractivity contribution in [3.8, 4) is 5.75 Å². The van der Waals surface area contributed by atoms with Gasteiger partial charge in [-0.25, -0.2) is 13.4 Å². The summed E-state index contributed by atoms with van der Waals surface area (Å²) < 4.78 is 30.8. The number of fused-ring (bicyclic) bond motifs is 1. The zero-order valence-corrected chi connectivity index (χ0v) is 16.3. The number of aromatic nitrogens is 2. The van der Waals surface area contributed by atoms with Gasteiger partial charge in [-0.1, -0.05) is 12.1 Å². The van der Waals surface area contributed by atoms with Crippen molar-refractivity contribution in [3.05, 3.63) is 65.6 Å². The second kappa shape index (κ2) is 7.27. The molecule has 1 amide bonds. The summed E-state index contributed by atoms with van der Waals surface area (Å²) in [6.07, 6.45) is 4.37. The number of aryl methyl sites for hydroxylation is 1. The van der Waals surface area contributed by atoms with Crippen LogP contribution in [-0.2, 0) is 16.4 Å². The zero-order chi connectivity index (χ0) is 19.7. The number of amides is 1. The molecule has 1 fully saturated rings. The molecule has 1 atom stereocenters. The van der Waals surface area contributed by atoms with Gasteiger partial charge in [-0.3, -0.25) is 4.79 Å². The Balaban J connectivity index is 1.41. The first-order chi connectivity index (χ1) is 13.4. The number of benzene rings is 1. The molecule has 1 aliphatic heterocycles. The van der Waals surface area contributed by atoms with E-state index in [4.69, 9.17) is 4.74 Å². The largest absolute Gasteiger partial charge is 0.487 e. The summed E-state index contributed by atoms with van der Waals surface area (Å²) in [4.78, 5) is 16.9. The molecule has 8 heteroatoms. The molecule has 146 valence electrons. The number of hydrogen-bond acceptors (Lipinski definition) is 5. The van der Waals surface area contributed by atoms with Gasteiger partial charge in [0, 0.05) is 24.0 Å². The van der Waals surface area contributed by atoms with Crippen LogP contribution < -0.4 is 10.1 Å². The number of hydrogen-bond donors (Lipinski definition) is 1. The van der Waals surface area contributed by atoms with E-state index in [1.54, 1.807) is 24.3 Å². The molecule has 1 aliphatic rings. The average molecular weight is 399 g/mol. The molecular formula is C20H21N3O4S. The smallest absolute Gasteiger partial charge is 0.251 e. The normalized spacial score (nSPS) is 18.2. The maximum absolute atomic E-state index is 12.4. The third-order valence-corrected chi connectivity index (χ3v) is 6.47. The van der Waals surface area contributed by atoms with E-state index < -0.39 is 9.84 Å². The van der Waals surface area contributed by atoms with Crippen LogP contribution in [0, 0.1) is 6.92 Å². The van der Waals surface area contributed by atoms with E-state index in [0.717, 1.165) is 16.9 Å². The predicted octanol–water partition coefficient (Wildman–Crippen LogP) is 2.14. The van der Waals surface area contributed by atoms with Crippen LogP contribution in [0.5, 0.6) is 5.75 Å². The molecule has 28 heavy (non-hydrogen) atoms. The van der Waals surface area contributed by atoms with Crippen molar-refractivity contribution in [2.24, 2.45) is 0 Å². The second-order valence-electron chi connectivity index (χ2n) is 7.09. The fourth-order valence-electron chi connectivity index (χ4n) is 3.29. The highest BCUT2D eigenvalue weighted by molar-refractivity contribution is 7.91. The number of ether oxygens (including phenoxy) is 1. The molecule has 1 unspecified atom stereocenters. The molecule has 0 spiro atoms. The maximum atomic E-state index is 12.4. The van der Waals surface area contributed by atoms with E-state index in [9.17, 15) is 13.2 Å². The van der Waals surface area contributed by atoms with Crippen LogP contribution in [0.4, 0.5) is 0 Å². The van der Waals surface area contributed by atoms with Gasteiger partial charge in [-0.05, 0) is 43.2 Å². The van der Waals surface area contributed by atoms with Crippen molar-refractivity contribution in [3.63, 3.8) is 0 Å². The Morgan fingerprint density at radius 2 is 2.14 bits per heavy atom. The molecule has 0 radical (unpaired) electrons. The van der Waals surface area contributed by atoms with E-state index in [0.29, 0.717) is 17.7 Å². The van der Waals surface area contributed by atoms with Crippen LogP contribution in [0.1, 0.15) is 28.0 Å². The zero-order valence-electron chi connectivity index (χ0n) is 15.5. The fourth-order valence-corrected chi connectivity index (χ4v) is 4.96. The first-order valence-corrected chi connectivity index (χ1v) is 10.9. The SMILES string of the molecule is Cc1ccc2nc(COc3cccc(C(=O)NC4CCS(=O)(=O)C4)c3)cn2c1. The molecule has 0 bridgehead atoms. The fraction of sp³-hybridized carbons (Fsp3) is 0.300. The monoisotopic (exact) mass is 399 g/mol. The topological polar surface area (TPSA) is 89.8 Å². The van der Waals surface area contributed by atoms with Gasteiger partial charge in [0.05, 0.1) is 17.2 Å². The van der Waals surface area contributed by atoms with Crippen LogP contribution in [0.25, 0.3) is 5.65 Å². The lowest BCUT2D eigenvalue weighted by Crippen LogP contribution is -2.35. The van der Waals surface area contributed by atoms with Gasteiger partial charge in [0.1, 0.15) is 18.0 Å². The summed E-state index contributed by atoms with van der Waals surface area (Å²) in [5, 5.41) is 2.79. The molecule has 2 aromatic heterocycles. The molecule has 3 heterocycles.